The SMILES string of the molecule is CN(C)Cc1cc(CN(C)C)cc(C(O)ON2C(=O)CCC2=O)c1. The van der Waals surface area contributed by atoms with Gasteiger partial charge in [0.15, 0.2) is 0 Å². The fourth-order valence-corrected chi connectivity index (χ4v) is 2.68. The zero-order chi connectivity index (χ0) is 17.9. The molecule has 2 rings (SSSR count). The fourth-order valence-electron chi connectivity index (χ4n) is 2.68. The number of hydrogen-bond donors (Lipinski definition) is 1. The fraction of sp³-hybridized carbons (Fsp3) is 0.529. The van der Waals surface area contributed by atoms with Crippen LogP contribution in [0, 0.1) is 0 Å². The Labute approximate surface area is 142 Å². The largest absolute Gasteiger partial charge is 0.362 e. The van der Waals surface area contributed by atoms with Gasteiger partial charge in [0.1, 0.15) is 0 Å². The Kier molecular flexibility index (Phi) is 6.06. The van der Waals surface area contributed by atoms with Crippen LogP contribution in [0.15, 0.2) is 18.2 Å². The maximum Gasteiger partial charge on any atom is 0.254 e. The van der Waals surface area contributed by atoms with Crippen LogP contribution in [0.4, 0.5) is 0 Å². The van der Waals surface area contributed by atoms with Crippen LogP contribution in [0.5, 0.6) is 0 Å². The molecule has 132 valence electrons. The number of carbonyl (C=O) groups excluding carboxylic acids is 2. The average molecular weight is 335 g/mol. The third kappa shape index (κ3) is 4.85. The predicted molar refractivity (Wildman–Crippen MR) is 88.4 cm³/mol. The molecule has 1 N–H and O–H groups in total. The van der Waals surface area contributed by atoms with Crippen molar-refractivity contribution < 1.29 is 19.5 Å². The quantitative estimate of drug-likeness (QED) is 0.589. The molecule has 1 aliphatic heterocycles. The Morgan fingerprint density at radius 3 is 1.88 bits per heavy atom. The number of hydrogen-bond acceptors (Lipinski definition) is 6. The van der Waals surface area contributed by atoms with Crippen LogP contribution < -0.4 is 0 Å². The number of amides is 2. The summed E-state index contributed by atoms with van der Waals surface area (Å²) in [5.41, 5.74) is 2.57. The summed E-state index contributed by atoms with van der Waals surface area (Å²) in [4.78, 5) is 32.5. The van der Waals surface area contributed by atoms with Crippen molar-refractivity contribution in [2.75, 3.05) is 28.2 Å². The molecule has 1 atom stereocenters. The molecule has 0 saturated carbocycles. The van der Waals surface area contributed by atoms with Gasteiger partial charge in [0.05, 0.1) is 0 Å². The highest BCUT2D eigenvalue weighted by Gasteiger charge is 2.32. The first-order chi connectivity index (χ1) is 11.3. The zero-order valence-electron chi connectivity index (χ0n) is 14.7. The number of nitrogens with zero attached hydrogens (tertiary/aromatic N) is 3. The molecule has 0 aliphatic carbocycles. The van der Waals surface area contributed by atoms with Crippen LogP contribution in [0.1, 0.15) is 35.8 Å². The van der Waals surface area contributed by atoms with E-state index in [-0.39, 0.29) is 12.8 Å². The van der Waals surface area contributed by atoms with Crippen LogP contribution in [0.2, 0.25) is 0 Å². The van der Waals surface area contributed by atoms with Crippen molar-refractivity contribution in [3.63, 3.8) is 0 Å². The third-order valence-electron chi connectivity index (χ3n) is 3.57. The summed E-state index contributed by atoms with van der Waals surface area (Å²) < 4.78 is 0. The van der Waals surface area contributed by atoms with Crippen LogP contribution in [-0.4, -0.2) is 60.0 Å². The smallest absolute Gasteiger partial charge is 0.254 e. The van der Waals surface area contributed by atoms with Crippen molar-refractivity contribution in [3.05, 3.63) is 34.9 Å². The zero-order valence-corrected chi connectivity index (χ0v) is 14.7. The van der Waals surface area contributed by atoms with Crippen molar-refractivity contribution in [1.29, 1.82) is 0 Å². The molecule has 1 aliphatic rings. The van der Waals surface area contributed by atoms with Crippen molar-refractivity contribution >= 4 is 11.8 Å². The number of aliphatic hydroxyl groups is 1. The van der Waals surface area contributed by atoms with E-state index in [1.54, 1.807) is 0 Å². The maximum absolute atomic E-state index is 11.6. The van der Waals surface area contributed by atoms with Gasteiger partial charge in [0.2, 0.25) is 6.29 Å². The number of imide groups is 1. The predicted octanol–water partition coefficient (Wildman–Crippen LogP) is 0.881. The van der Waals surface area contributed by atoms with E-state index in [0.29, 0.717) is 23.7 Å². The molecular weight excluding hydrogens is 310 g/mol. The monoisotopic (exact) mass is 335 g/mol. The second-order valence-electron chi connectivity index (χ2n) is 6.60. The maximum atomic E-state index is 11.6. The minimum atomic E-state index is -1.36. The first kappa shape index (κ1) is 18.5. The number of rotatable bonds is 7. The summed E-state index contributed by atoms with van der Waals surface area (Å²) in [5, 5.41) is 11.0. The number of aliphatic hydroxyl groups excluding tert-OH is 1. The second kappa shape index (κ2) is 7.85. The normalized spacial score (nSPS) is 16.5. The first-order valence-electron chi connectivity index (χ1n) is 7.89. The average Bonchev–Trinajstić information content (AvgIpc) is 2.77. The molecule has 1 aromatic rings. The van der Waals surface area contributed by atoms with E-state index in [1.807, 2.05) is 50.1 Å². The molecular formula is C17H25N3O4. The Hall–Kier alpha value is -1.80. The van der Waals surface area contributed by atoms with Crippen LogP contribution in [0.3, 0.4) is 0 Å². The van der Waals surface area contributed by atoms with E-state index >= 15 is 0 Å². The lowest BCUT2D eigenvalue weighted by Gasteiger charge is -2.21. The summed E-state index contributed by atoms with van der Waals surface area (Å²) in [6.07, 6.45) is -1.12. The Morgan fingerprint density at radius 1 is 1.00 bits per heavy atom. The minimum Gasteiger partial charge on any atom is -0.362 e. The molecule has 1 fully saturated rings. The van der Waals surface area contributed by atoms with Gasteiger partial charge >= 0.3 is 0 Å². The number of carbonyl (C=O) groups is 2. The van der Waals surface area contributed by atoms with Crippen molar-refractivity contribution in [3.8, 4) is 0 Å². The van der Waals surface area contributed by atoms with E-state index in [2.05, 4.69) is 6.07 Å². The highest BCUT2D eigenvalue weighted by Crippen LogP contribution is 2.23. The summed E-state index contributed by atoms with van der Waals surface area (Å²) >= 11 is 0. The third-order valence-corrected chi connectivity index (χ3v) is 3.57. The second-order valence-corrected chi connectivity index (χ2v) is 6.60. The molecule has 0 aromatic heterocycles. The van der Waals surface area contributed by atoms with Gasteiger partial charge in [-0.25, -0.2) is 4.84 Å². The topological polar surface area (TPSA) is 73.3 Å². The van der Waals surface area contributed by atoms with Gasteiger partial charge in [-0.1, -0.05) is 6.07 Å². The lowest BCUT2D eigenvalue weighted by Crippen LogP contribution is -2.31. The van der Waals surface area contributed by atoms with E-state index in [4.69, 9.17) is 4.84 Å². The lowest BCUT2D eigenvalue weighted by molar-refractivity contribution is -0.247. The highest BCUT2D eigenvalue weighted by molar-refractivity contribution is 6.00. The van der Waals surface area contributed by atoms with Gasteiger partial charge in [-0.15, -0.1) is 0 Å². The molecule has 2 amide bonds. The molecule has 0 spiro atoms. The summed E-state index contributed by atoms with van der Waals surface area (Å²) in [6.45, 7) is 1.42. The van der Waals surface area contributed by atoms with E-state index in [1.165, 1.54) is 0 Å². The molecule has 7 heteroatoms. The Balaban J connectivity index is 2.22. The summed E-state index contributed by atoms with van der Waals surface area (Å²) in [5.74, 6) is -0.839. The van der Waals surface area contributed by atoms with Crippen LogP contribution >= 0.6 is 0 Å². The Morgan fingerprint density at radius 2 is 1.46 bits per heavy atom. The van der Waals surface area contributed by atoms with Crippen molar-refractivity contribution in [2.45, 2.75) is 32.2 Å². The van der Waals surface area contributed by atoms with Crippen molar-refractivity contribution in [2.24, 2.45) is 0 Å². The van der Waals surface area contributed by atoms with Gasteiger partial charge in [-0.3, -0.25) is 9.59 Å². The number of benzene rings is 1. The molecule has 1 aromatic carbocycles. The van der Waals surface area contributed by atoms with Gasteiger partial charge in [0, 0.05) is 31.5 Å². The van der Waals surface area contributed by atoms with Gasteiger partial charge in [0.25, 0.3) is 11.8 Å². The van der Waals surface area contributed by atoms with E-state index in [0.717, 1.165) is 11.1 Å². The number of hydroxylamine groups is 2. The standard InChI is InChI=1S/C17H25N3O4/c1-18(2)10-12-7-13(11-19(3)4)9-14(8-12)17(23)24-20-15(21)5-6-16(20)22/h7-9,17,23H,5-6,10-11H2,1-4H3. The molecule has 7 nitrogen and oxygen atoms in total. The van der Waals surface area contributed by atoms with E-state index in [9.17, 15) is 14.7 Å². The lowest BCUT2D eigenvalue weighted by atomic mass is 10.0. The highest BCUT2D eigenvalue weighted by atomic mass is 16.8. The molecule has 1 saturated heterocycles. The molecule has 0 bridgehead atoms. The van der Waals surface area contributed by atoms with E-state index < -0.39 is 18.1 Å². The molecule has 1 heterocycles. The van der Waals surface area contributed by atoms with Gasteiger partial charge in [-0.2, -0.15) is 5.06 Å². The van der Waals surface area contributed by atoms with Crippen LogP contribution in [-0.2, 0) is 27.5 Å². The minimum absolute atomic E-state index is 0.123. The van der Waals surface area contributed by atoms with Gasteiger partial charge < -0.3 is 14.9 Å². The van der Waals surface area contributed by atoms with Crippen molar-refractivity contribution in [1.82, 2.24) is 14.9 Å². The molecule has 24 heavy (non-hydrogen) atoms. The summed E-state index contributed by atoms with van der Waals surface area (Å²) in [7, 11) is 7.86. The summed E-state index contributed by atoms with van der Waals surface area (Å²) in [6, 6.07) is 5.73. The Bertz CT molecular complexity index is 572. The molecule has 1 unspecified atom stereocenters. The van der Waals surface area contributed by atoms with Gasteiger partial charge in [-0.05, 0) is 51.5 Å². The van der Waals surface area contributed by atoms with Crippen LogP contribution in [0.25, 0.3) is 0 Å². The first-order valence-corrected chi connectivity index (χ1v) is 7.89. The molecule has 0 radical (unpaired) electrons.